The highest BCUT2D eigenvalue weighted by Gasteiger charge is 2.14. The largest absolute Gasteiger partial charge is 0.276 e. The van der Waals surface area contributed by atoms with Crippen molar-refractivity contribution in [3.8, 4) is 0 Å². The number of aryl methyl sites for hydroxylation is 1. The van der Waals surface area contributed by atoms with E-state index in [0.717, 1.165) is 5.56 Å². The summed E-state index contributed by atoms with van der Waals surface area (Å²) in [6.07, 6.45) is 4.75. The van der Waals surface area contributed by atoms with Crippen LogP contribution in [0.4, 0.5) is 5.69 Å². The van der Waals surface area contributed by atoms with Crippen LogP contribution in [0.2, 0.25) is 0 Å². The first-order valence-electron chi connectivity index (χ1n) is 5.47. The van der Waals surface area contributed by atoms with Crippen LogP contribution in [-0.2, 0) is 10.0 Å². The van der Waals surface area contributed by atoms with E-state index in [4.69, 9.17) is 0 Å². The molecule has 0 fully saturated rings. The fourth-order valence-electron chi connectivity index (χ4n) is 1.41. The molecule has 0 aliphatic heterocycles. The van der Waals surface area contributed by atoms with Gasteiger partial charge < -0.3 is 0 Å². The lowest BCUT2D eigenvalue weighted by atomic mass is 10.2. The molecule has 1 N–H and O–H groups in total. The summed E-state index contributed by atoms with van der Waals surface area (Å²) in [5.41, 5.74) is 1.35. The minimum absolute atomic E-state index is 0.215. The molecule has 7 heteroatoms. The smallest absolute Gasteiger partial charge is 0.261 e. The first-order chi connectivity index (χ1) is 9.01. The second-order valence-electron chi connectivity index (χ2n) is 3.88. The van der Waals surface area contributed by atoms with E-state index in [9.17, 15) is 8.42 Å². The summed E-state index contributed by atoms with van der Waals surface area (Å²) in [6.45, 7) is 1.90. The molecule has 0 bridgehead atoms. The van der Waals surface area contributed by atoms with Crippen molar-refractivity contribution in [2.24, 2.45) is 0 Å². The molecule has 0 unspecified atom stereocenters. The van der Waals surface area contributed by atoms with E-state index in [2.05, 4.69) is 14.7 Å². The number of hydrogen-bond acceptors (Lipinski definition) is 5. The molecule has 0 atom stereocenters. The molecule has 0 spiro atoms. The first-order valence-corrected chi connectivity index (χ1v) is 8.17. The zero-order valence-corrected chi connectivity index (χ0v) is 12.1. The van der Waals surface area contributed by atoms with Crippen LogP contribution in [-0.4, -0.2) is 24.6 Å². The highest BCUT2D eigenvalue weighted by atomic mass is 32.2. The molecule has 0 radical (unpaired) electrons. The van der Waals surface area contributed by atoms with Gasteiger partial charge in [-0.3, -0.25) is 4.72 Å². The van der Waals surface area contributed by atoms with Gasteiger partial charge in [-0.05, 0) is 25.3 Å². The van der Waals surface area contributed by atoms with Crippen LogP contribution >= 0.6 is 11.8 Å². The molecule has 2 rings (SSSR count). The molecular formula is C12H13N3O2S2. The van der Waals surface area contributed by atoms with Crippen molar-refractivity contribution >= 4 is 27.5 Å². The molecule has 0 saturated heterocycles. The van der Waals surface area contributed by atoms with Crippen LogP contribution in [0.15, 0.2) is 46.7 Å². The number of nitrogens with one attached hydrogen (secondary N) is 1. The van der Waals surface area contributed by atoms with Crippen molar-refractivity contribution in [3.63, 3.8) is 0 Å². The number of nitrogens with zero attached hydrogens (tertiary/aromatic N) is 2. The Labute approximate surface area is 116 Å². The Morgan fingerprint density at radius 2 is 1.68 bits per heavy atom. The zero-order chi connectivity index (χ0) is 13.9. The highest BCUT2D eigenvalue weighted by molar-refractivity contribution is 7.98. The van der Waals surface area contributed by atoms with Crippen LogP contribution in [0.1, 0.15) is 5.56 Å². The minimum Gasteiger partial charge on any atom is -0.276 e. The van der Waals surface area contributed by atoms with Gasteiger partial charge in [0.15, 0.2) is 5.16 Å². The van der Waals surface area contributed by atoms with Crippen molar-refractivity contribution < 1.29 is 8.42 Å². The van der Waals surface area contributed by atoms with Gasteiger partial charge in [0, 0.05) is 0 Å². The molecule has 0 aliphatic rings. The predicted octanol–water partition coefficient (Wildman–Crippen LogP) is 2.31. The van der Waals surface area contributed by atoms with Crippen molar-refractivity contribution in [1.29, 1.82) is 0 Å². The number of anilines is 1. The van der Waals surface area contributed by atoms with Crippen molar-refractivity contribution in [3.05, 3.63) is 42.2 Å². The van der Waals surface area contributed by atoms with E-state index in [1.54, 1.807) is 24.3 Å². The van der Waals surface area contributed by atoms with Crippen molar-refractivity contribution in [1.82, 2.24) is 9.97 Å². The van der Waals surface area contributed by atoms with E-state index in [-0.39, 0.29) is 4.90 Å². The molecule has 5 nitrogen and oxygen atoms in total. The third-order valence-corrected chi connectivity index (χ3v) is 4.37. The van der Waals surface area contributed by atoms with E-state index in [1.165, 1.54) is 24.2 Å². The molecule has 1 aromatic carbocycles. The number of aromatic nitrogens is 2. The van der Waals surface area contributed by atoms with Gasteiger partial charge in [-0.1, -0.05) is 29.5 Å². The maximum atomic E-state index is 12.1. The SMILES string of the molecule is CSc1ncc(NS(=O)(=O)c2ccc(C)cc2)cn1. The summed E-state index contributed by atoms with van der Waals surface area (Å²) in [5, 5.41) is 0.596. The van der Waals surface area contributed by atoms with Crippen LogP contribution < -0.4 is 4.72 Å². The molecule has 0 aliphatic carbocycles. The summed E-state index contributed by atoms with van der Waals surface area (Å²) in [6, 6.07) is 6.63. The Bertz CT molecular complexity index is 652. The lowest BCUT2D eigenvalue weighted by Crippen LogP contribution is -2.13. The van der Waals surface area contributed by atoms with Gasteiger partial charge in [0.25, 0.3) is 10.0 Å². The maximum Gasteiger partial charge on any atom is 0.261 e. The average molecular weight is 295 g/mol. The Morgan fingerprint density at radius 1 is 1.11 bits per heavy atom. The topological polar surface area (TPSA) is 72.0 Å². The average Bonchev–Trinajstić information content (AvgIpc) is 2.40. The fourth-order valence-corrected chi connectivity index (χ4v) is 2.75. The standard InChI is InChI=1S/C12H13N3O2S2/c1-9-3-5-11(6-4-9)19(16,17)15-10-7-13-12(18-2)14-8-10/h3-8,15H,1-2H3. The van der Waals surface area contributed by atoms with Gasteiger partial charge in [-0.2, -0.15) is 0 Å². The Balaban J connectivity index is 2.23. The quantitative estimate of drug-likeness (QED) is 0.692. The van der Waals surface area contributed by atoms with Crippen molar-refractivity contribution in [2.45, 2.75) is 17.0 Å². The number of benzene rings is 1. The van der Waals surface area contributed by atoms with Gasteiger partial charge in [0.1, 0.15) is 0 Å². The van der Waals surface area contributed by atoms with Gasteiger partial charge in [-0.15, -0.1) is 0 Å². The predicted molar refractivity (Wildman–Crippen MR) is 75.8 cm³/mol. The maximum absolute atomic E-state index is 12.1. The molecule has 19 heavy (non-hydrogen) atoms. The Morgan fingerprint density at radius 3 is 2.21 bits per heavy atom. The van der Waals surface area contributed by atoms with Gasteiger partial charge >= 0.3 is 0 Å². The lowest BCUT2D eigenvalue weighted by Gasteiger charge is -2.07. The lowest BCUT2D eigenvalue weighted by molar-refractivity contribution is 0.601. The molecular weight excluding hydrogens is 282 g/mol. The van der Waals surface area contributed by atoms with Gasteiger partial charge in [0.05, 0.1) is 23.0 Å². The summed E-state index contributed by atoms with van der Waals surface area (Å²) < 4.78 is 26.6. The normalized spacial score (nSPS) is 11.3. The van der Waals surface area contributed by atoms with Crippen LogP contribution in [0.3, 0.4) is 0 Å². The molecule has 1 heterocycles. The van der Waals surface area contributed by atoms with Crippen LogP contribution in [0.25, 0.3) is 0 Å². The Hall–Kier alpha value is -1.60. The van der Waals surface area contributed by atoms with E-state index < -0.39 is 10.0 Å². The minimum atomic E-state index is -3.59. The highest BCUT2D eigenvalue weighted by Crippen LogP contribution is 2.16. The monoisotopic (exact) mass is 295 g/mol. The summed E-state index contributed by atoms with van der Waals surface area (Å²) in [4.78, 5) is 8.24. The van der Waals surface area contributed by atoms with E-state index >= 15 is 0 Å². The first kappa shape index (κ1) is 13.8. The van der Waals surface area contributed by atoms with Crippen molar-refractivity contribution in [2.75, 3.05) is 11.0 Å². The summed E-state index contributed by atoms with van der Waals surface area (Å²) in [7, 11) is -3.59. The third kappa shape index (κ3) is 3.45. The molecule has 0 saturated carbocycles. The molecule has 1 aromatic heterocycles. The molecule has 2 aromatic rings. The number of thioether (sulfide) groups is 1. The Kier molecular flexibility index (Phi) is 4.06. The molecule has 100 valence electrons. The second-order valence-corrected chi connectivity index (χ2v) is 6.33. The van der Waals surface area contributed by atoms with Crippen LogP contribution in [0, 0.1) is 6.92 Å². The summed E-state index contributed by atoms with van der Waals surface area (Å²) >= 11 is 1.39. The van der Waals surface area contributed by atoms with Gasteiger partial charge in [0.2, 0.25) is 0 Å². The van der Waals surface area contributed by atoms with E-state index in [0.29, 0.717) is 10.8 Å². The molecule has 0 amide bonds. The summed E-state index contributed by atoms with van der Waals surface area (Å²) in [5.74, 6) is 0. The number of rotatable bonds is 4. The fraction of sp³-hybridized carbons (Fsp3) is 0.167. The van der Waals surface area contributed by atoms with Gasteiger partial charge in [-0.25, -0.2) is 18.4 Å². The third-order valence-electron chi connectivity index (χ3n) is 2.39. The number of hydrogen-bond donors (Lipinski definition) is 1. The van der Waals surface area contributed by atoms with Crippen LogP contribution in [0.5, 0.6) is 0 Å². The van der Waals surface area contributed by atoms with E-state index in [1.807, 2.05) is 13.2 Å². The zero-order valence-electron chi connectivity index (χ0n) is 10.5. The second kappa shape index (κ2) is 5.58. The number of sulfonamides is 1.